The van der Waals surface area contributed by atoms with E-state index in [1.165, 1.54) is 6.07 Å². The number of imidazole rings is 1. The number of H-pyrrole nitrogens is 1. The van der Waals surface area contributed by atoms with E-state index in [0.29, 0.717) is 43.6 Å². The van der Waals surface area contributed by atoms with E-state index in [0.717, 1.165) is 48.9 Å². The van der Waals surface area contributed by atoms with Crippen molar-refractivity contribution in [2.45, 2.75) is 63.0 Å². The second kappa shape index (κ2) is 11.5. The van der Waals surface area contributed by atoms with E-state index in [-0.39, 0.29) is 41.3 Å². The van der Waals surface area contributed by atoms with Crippen molar-refractivity contribution in [3.05, 3.63) is 52.1 Å². The molecule has 1 aliphatic carbocycles. The molecule has 3 heterocycles. The van der Waals surface area contributed by atoms with Gasteiger partial charge in [0, 0.05) is 44.2 Å². The predicted molar refractivity (Wildman–Crippen MR) is 141 cm³/mol. The van der Waals surface area contributed by atoms with Crippen LogP contribution in [-0.4, -0.2) is 58.0 Å². The van der Waals surface area contributed by atoms with Crippen molar-refractivity contribution in [1.82, 2.24) is 19.4 Å². The Labute approximate surface area is 228 Å². The molecule has 1 amide bonds. The van der Waals surface area contributed by atoms with Gasteiger partial charge in [-0.25, -0.2) is 9.78 Å². The van der Waals surface area contributed by atoms with Gasteiger partial charge in [0.05, 0.1) is 17.2 Å². The average molecular weight is 570 g/mol. The molecule has 2 fully saturated rings. The quantitative estimate of drug-likeness (QED) is 0.427. The summed E-state index contributed by atoms with van der Waals surface area (Å²) in [5.41, 5.74) is 8.06. The molecule has 212 valence electrons. The van der Waals surface area contributed by atoms with Crippen LogP contribution < -0.4 is 16.2 Å². The smallest absolute Gasteiger partial charge is 0.406 e. The number of piperidine rings is 1. The summed E-state index contributed by atoms with van der Waals surface area (Å²) >= 11 is 0. The SMILES string of the molecule is COC1CCC(c2cnc3[nH]c(=O)n(C4CCN(C(=O)c5ccc(OC(F)(F)F)cc5N)CC4)c3c2)CC1.Cl. The van der Waals surface area contributed by atoms with E-state index >= 15 is 0 Å². The van der Waals surface area contributed by atoms with Crippen LogP contribution in [0.1, 0.15) is 66.4 Å². The fourth-order valence-corrected chi connectivity index (χ4v) is 5.67. The number of nitrogens with zero attached hydrogens (tertiary/aromatic N) is 3. The third-order valence-corrected chi connectivity index (χ3v) is 7.68. The number of aromatic amines is 1. The molecular formula is C26H31ClF3N5O4. The van der Waals surface area contributed by atoms with Gasteiger partial charge >= 0.3 is 12.1 Å². The first kappa shape index (κ1) is 28.8. The molecule has 0 unspecified atom stereocenters. The Morgan fingerprint density at radius 3 is 2.41 bits per heavy atom. The van der Waals surface area contributed by atoms with Crippen LogP contribution in [0.3, 0.4) is 0 Å². The Hall–Kier alpha value is -3.25. The molecule has 0 spiro atoms. The van der Waals surface area contributed by atoms with E-state index in [9.17, 15) is 22.8 Å². The first-order valence-corrected chi connectivity index (χ1v) is 12.7. The molecule has 39 heavy (non-hydrogen) atoms. The predicted octanol–water partition coefficient (Wildman–Crippen LogP) is 4.78. The number of rotatable bonds is 5. The van der Waals surface area contributed by atoms with Crippen LogP contribution in [0.4, 0.5) is 18.9 Å². The number of nitrogens with one attached hydrogen (secondary N) is 1. The number of hydrogen-bond acceptors (Lipinski definition) is 6. The van der Waals surface area contributed by atoms with Gasteiger partial charge < -0.3 is 20.1 Å². The third-order valence-electron chi connectivity index (χ3n) is 7.68. The molecule has 0 atom stereocenters. The van der Waals surface area contributed by atoms with Crippen molar-refractivity contribution in [1.29, 1.82) is 0 Å². The second-order valence-electron chi connectivity index (χ2n) is 9.97. The first-order chi connectivity index (χ1) is 18.1. The maximum atomic E-state index is 13.0. The second-order valence-corrected chi connectivity index (χ2v) is 9.97. The molecule has 13 heteroatoms. The first-order valence-electron chi connectivity index (χ1n) is 12.7. The van der Waals surface area contributed by atoms with Crippen LogP contribution in [0.5, 0.6) is 5.75 Å². The summed E-state index contributed by atoms with van der Waals surface area (Å²) in [7, 11) is 1.74. The van der Waals surface area contributed by atoms with Crippen LogP contribution >= 0.6 is 12.4 Å². The van der Waals surface area contributed by atoms with Crippen LogP contribution in [0.2, 0.25) is 0 Å². The van der Waals surface area contributed by atoms with Crippen molar-refractivity contribution in [3.63, 3.8) is 0 Å². The maximum absolute atomic E-state index is 13.0. The summed E-state index contributed by atoms with van der Waals surface area (Å²) in [4.78, 5) is 34.9. The van der Waals surface area contributed by atoms with Crippen molar-refractivity contribution in [3.8, 4) is 5.75 Å². The summed E-state index contributed by atoms with van der Waals surface area (Å²) in [6.07, 6.45) is 2.37. The van der Waals surface area contributed by atoms with Crippen molar-refractivity contribution in [2.75, 3.05) is 25.9 Å². The number of carbonyl (C=O) groups excluding carboxylic acids is 1. The summed E-state index contributed by atoms with van der Waals surface area (Å²) in [5, 5.41) is 0. The summed E-state index contributed by atoms with van der Waals surface area (Å²) in [6, 6.07) is 5.23. The maximum Gasteiger partial charge on any atom is 0.573 e. The van der Waals surface area contributed by atoms with Crippen LogP contribution in [-0.2, 0) is 4.74 Å². The van der Waals surface area contributed by atoms with Crippen molar-refractivity contribution < 1.29 is 27.4 Å². The number of anilines is 1. The number of hydrogen-bond donors (Lipinski definition) is 2. The Bertz CT molecular complexity index is 1380. The summed E-state index contributed by atoms with van der Waals surface area (Å²) in [5.74, 6) is -0.486. The molecule has 5 rings (SSSR count). The lowest BCUT2D eigenvalue weighted by atomic mass is 9.83. The van der Waals surface area contributed by atoms with E-state index in [1.54, 1.807) is 16.6 Å². The Kier molecular flexibility index (Phi) is 8.45. The number of carbonyl (C=O) groups is 1. The number of aromatic nitrogens is 3. The monoisotopic (exact) mass is 569 g/mol. The third kappa shape index (κ3) is 6.17. The molecular weight excluding hydrogens is 539 g/mol. The van der Waals surface area contributed by atoms with Crippen molar-refractivity contribution >= 4 is 35.2 Å². The average Bonchev–Trinajstić information content (AvgIpc) is 3.22. The Morgan fingerprint density at radius 2 is 1.79 bits per heavy atom. The number of benzene rings is 1. The highest BCUT2D eigenvalue weighted by Crippen LogP contribution is 2.35. The lowest BCUT2D eigenvalue weighted by molar-refractivity contribution is -0.274. The zero-order chi connectivity index (χ0) is 27.0. The van der Waals surface area contributed by atoms with Gasteiger partial charge in [0.15, 0.2) is 5.65 Å². The zero-order valence-electron chi connectivity index (χ0n) is 21.4. The number of alkyl halides is 3. The van der Waals surface area contributed by atoms with E-state index in [4.69, 9.17) is 10.5 Å². The highest BCUT2D eigenvalue weighted by Gasteiger charge is 2.32. The number of amides is 1. The summed E-state index contributed by atoms with van der Waals surface area (Å²) in [6.45, 7) is 0.744. The van der Waals surface area contributed by atoms with Gasteiger partial charge in [-0.3, -0.25) is 14.3 Å². The van der Waals surface area contributed by atoms with Gasteiger partial charge in [-0.05, 0) is 68.2 Å². The number of nitrogen functional groups attached to an aromatic ring is 1. The molecule has 2 aliphatic rings. The number of nitrogens with two attached hydrogens (primary N) is 1. The molecule has 0 bridgehead atoms. The van der Waals surface area contributed by atoms with Gasteiger partial charge in [-0.15, -0.1) is 25.6 Å². The molecule has 1 saturated heterocycles. The van der Waals surface area contributed by atoms with Crippen LogP contribution in [0, 0.1) is 0 Å². The van der Waals surface area contributed by atoms with Gasteiger partial charge in [-0.2, -0.15) is 0 Å². The fraction of sp³-hybridized carbons (Fsp3) is 0.500. The topological polar surface area (TPSA) is 115 Å². The fourth-order valence-electron chi connectivity index (χ4n) is 5.67. The molecule has 3 N–H and O–H groups in total. The van der Waals surface area contributed by atoms with Gasteiger partial charge in [0.1, 0.15) is 5.75 Å². The minimum absolute atomic E-state index is 0. The standard InChI is InChI=1S/C26H30F3N5O4.ClH/c1-37-18-4-2-15(3-5-18)16-12-22-23(31-14-16)32-25(36)34(22)17-8-10-33(11-9-17)24(35)20-7-6-19(13-21(20)30)38-26(27,28)29;/h6-7,12-15,17-18H,2-5,8-11,30H2,1H3,(H,31,32,36);1H. The minimum atomic E-state index is -4.85. The molecule has 1 aliphatic heterocycles. The molecule has 2 aromatic heterocycles. The lowest BCUT2D eigenvalue weighted by Crippen LogP contribution is -2.40. The highest BCUT2D eigenvalue weighted by molar-refractivity contribution is 5.99. The van der Waals surface area contributed by atoms with Crippen molar-refractivity contribution in [2.24, 2.45) is 0 Å². The van der Waals surface area contributed by atoms with E-state index < -0.39 is 12.1 Å². The number of likely N-dealkylation sites (tertiary alicyclic amines) is 1. The summed E-state index contributed by atoms with van der Waals surface area (Å²) < 4.78 is 48.5. The molecule has 9 nitrogen and oxygen atoms in total. The Balaban J connectivity index is 0.00000353. The number of halogens is 4. The molecule has 3 aromatic rings. The van der Waals surface area contributed by atoms with E-state index in [2.05, 4.69) is 20.8 Å². The number of pyridine rings is 1. The van der Waals surface area contributed by atoms with E-state index in [1.807, 2.05) is 6.20 Å². The van der Waals surface area contributed by atoms with Crippen LogP contribution in [0.25, 0.3) is 11.2 Å². The highest BCUT2D eigenvalue weighted by atomic mass is 35.5. The normalized spacial score (nSPS) is 20.6. The van der Waals surface area contributed by atoms with Gasteiger partial charge in [0.2, 0.25) is 0 Å². The van der Waals surface area contributed by atoms with Gasteiger partial charge in [-0.1, -0.05) is 0 Å². The number of methoxy groups -OCH3 is 1. The zero-order valence-corrected chi connectivity index (χ0v) is 22.2. The number of ether oxygens (including phenoxy) is 2. The molecule has 1 saturated carbocycles. The molecule has 1 aromatic carbocycles. The minimum Gasteiger partial charge on any atom is -0.406 e. The largest absolute Gasteiger partial charge is 0.573 e. The lowest BCUT2D eigenvalue weighted by Gasteiger charge is -2.33. The Morgan fingerprint density at radius 1 is 1.10 bits per heavy atom. The van der Waals surface area contributed by atoms with Crippen LogP contribution in [0.15, 0.2) is 35.3 Å². The van der Waals surface area contributed by atoms with Gasteiger partial charge in [0.25, 0.3) is 5.91 Å². The number of fused-ring (bicyclic) bond motifs is 1. The molecule has 0 radical (unpaired) electrons.